The highest BCUT2D eigenvalue weighted by Gasteiger charge is 2.49. The van der Waals surface area contributed by atoms with Gasteiger partial charge in [-0.2, -0.15) is 4.98 Å². The van der Waals surface area contributed by atoms with Gasteiger partial charge in [0.2, 0.25) is 5.89 Å². The van der Waals surface area contributed by atoms with E-state index in [1.165, 1.54) is 23.0 Å². The Morgan fingerprint density at radius 3 is 2.81 bits per heavy atom. The monoisotopic (exact) mass is 426 g/mol. The van der Waals surface area contributed by atoms with Crippen LogP contribution < -0.4 is 5.56 Å². The second-order valence-corrected chi connectivity index (χ2v) is 8.07. The highest BCUT2D eigenvalue weighted by molar-refractivity contribution is 5.68. The van der Waals surface area contributed by atoms with Gasteiger partial charge in [0.1, 0.15) is 24.5 Å². The van der Waals surface area contributed by atoms with Crippen molar-refractivity contribution >= 4 is 11.2 Å². The number of hydrogen-bond donors (Lipinski definition) is 0. The van der Waals surface area contributed by atoms with E-state index >= 15 is 0 Å². The van der Waals surface area contributed by atoms with Crippen molar-refractivity contribution in [3.63, 3.8) is 0 Å². The molecule has 3 atom stereocenters. The van der Waals surface area contributed by atoms with Gasteiger partial charge in [-0.25, -0.2) is 18.7 Å². The zero-order chi connectivity index (χ0) is 21.7. The van der Waals surface area contributed by atoms with E-state index in [0.29, 0.717) is 46.7 Å². The number of imidazole rings is 1. The average molecular weight is 426 g/mol. The van der Waals surface area contributed by atoms with Crippen LogP contribution >= 0.6 is 0 Å². The molecule has 0 saturated heterocycles. The first-order valence-electron chi connectivity index (χ1n) is 10.0. The van der Waals surface area contributed by atoms with Crippen LogP contribution in [0.25, 0.3) is 11.2 Å². The van der Waals surface area contributed by atoms with Crippen LogP contribution in [-0.2, 0) is 20.0 Å². The summed E-state index contributed by atoms with van der Waals surface area (Å²) < 4.78 is 35.3. The van der Waals surface area contributed by atoms with Crippen LogP contribution in [0.15, 0.2) is 40.2 Å². The van der Waals surface area contributed by atoms with E-state index < -0.39 is 11.6 Å². The lowest BCUT2D eigenvalue weighted by Gasteiger charge is -2.02. The van der Waals surface area contributed by atoms with Crippen molar-refractivity contribution in [2.75, 3.05) is 0 Å². The molecule has 1 aliphatic rings. The molecule has 5 rings (SSSR count). The molecule has 0 radical (unpaired) electrons. The summed E-state index contributed by atoms with van der Waals surface area (Å²) in [6.07, 6.45) is 4.23. The Labute approximate surface area is 175 Å². The molecule has 4 aromatic rings. The van der Waals surface area contributed by atoms with Crippen LogP contribution in [0.5, 0.6) is 0 Å². The van der Waals surface area contributed by atoms with Crippen molar-refractivity contribution in [3.05, 3.63) is 70.1 Å². The van der Waals surface area contributed by atoms with Gasteiger partial charge < -0.3 is 9.09 Å². The summed E-state index contributed by atoms with van der Waals surface area (Å²) in [6, 6.07) is 3.68. The molecule has 0 aliphatic heterocycles. The van der Waals surface area contributed by atoms with Gasteiger partial charge in [-0.05, 0) is 36.3 Å². The first kappa shape index (κ1) is 19.5. The molecule has 0 N–H and O–H groups in total. The van der Waals surface area contributed by atoms with Gasteiger partial charge >= 0.3 is 0 Å². The second kappa shape index (κ2) is 7.36. The van der Waals surface area contributed by atoms with Gasteiger partial charge in [0.15, 0.2) is 17.0 Å². The van der Waals surface area contributed by atoms with Crippen molar-refractivity contribution in [1.82, 2.24) is 29.2 Å². The highest BCUT2D eigenvalue weighted by atomic mass is 19.1. The topological polar surface area (TPSA) is 91.6 Å². The van der Waals surface area contributed by atoms with Crippen LogP contribution in [0, 0.1) is 23.5 Å². The van der Waals surface area contributed by atoms with E-state index in [-0.39, 0.29) is 18.0 Å². The minimum Gasteiger partial charge on any atom is -0.337 e. The van der Waals surface area contributed by atoms with E-state index in [1.807, 2.05) is 0 Å². The fraction of sp³-hybridized carbons (Fsp3) is 0.381. The number of benzene rings is 1. The van der Waals surface area contributed by atoms with Gasteiger partial charge in [-0.15, -0.1) is 0 Å². The van der Waals surface area contributed by atoms with Crippen molar-refractivity contribution < 1.29 is 13.3 Å². The molecule has 3 unspecified atom stereocenters. The van der Waals surface area contributed by atoms with E-state index in [0.717, 1.165) is 12.5 Å². The van der Waals surface area contributed by atoms with Crippen LogP contribution in [0.4, 0.5) is 8.78 Å². The van der Waals surface area contributed by atoms with Crippen molar-refractivity contribution in [1.29, 1.82) is 0 Å². The lowest BCUT2D eigenvalue weighted by Crippen LogP contribution is -2.22. The lowest BCUT2D eigenvalue weighted by molar-refractivity contribution is 0.363. The highest BCUT2D eigenvalue weighted by Crippen LogP contribution is 2.55. The third kappa shape index (κ3) is 3.51. The molecule has 1 aliphatic carbocycles. The predicted molar refractivity (Wildman–Crippen MR) is 106 cm³/mol. The molecule has 10 heteroatoms. The van der Waals surface area contributed by atoms with E-state index in [1.54, 1.807) is 17.9 Å². The van der Waals surface area contributed by atoms with Gasteiger partial charge in [0, 0.05) is 19.0 Å². The third-order valence-corrected chi connectivity index (χ3v) is 6.11. The van der Waals surface area contributed by atoms with Crippen molar-refractivity contribution in [2.45, 2.75) is 32.2 Å². The summed E-state index contributed by atoms with van der Waals surface area (Å²) in [5.41, 5.74) is 1.07. The van der Waals surface area contributed by atoms with Gasteiger partial charge in [0.25, 0.3) is 5.56 Å². The number of aryl methyl sites for hydroxylation is 2. The molecule has 31 heavy (non-hydrogen) atoms. The maximum atomic E-state index is 13.9. The predicted octanol–water partition coefficient (Wildman–Crippen LogP) is 2.82. The SMILES string of the molecule is CC1C(CCc2ccc(F)cc2F)C1c1noc(Cn2cnc3ncn(C)c3c2=O)n1. The summed E-state index contributed by atoms with van der Waals surface area (Å²) >= 11 is 0. The molecule has 1 fully saturated rings. The smallest absolute Gasteiger partial charge is 0.280 e. The third-order valence-electron chi connectivity index (χ3n) is 6.11. The molecule has 160 valence electrons. The lowest BCUT2D eigenvalue weighted by atomic mass is 10.1. The maximum absolute atomic E-state index is 13.9. The number of nitrogens with zero attached hydrogens (tertiary/aromatic N) is 6. The van der Waals surface area contributed by atoms with Gasteiger partial charge in [-0.1, -0.05) is 18.1 Å². The van der Waals surface area contributed by atoms with Crippen LogP contribution in [0.2, 0.25) is 0 Å². The van der Waals surface area contributed by atoms with Crippen LogP contribution in [0.1, 0.15) is 36.5 Å². The first-order valence-corrected chi connectivity index (χ1v) is 10.0. The van der Waals surface area contributed by atoms with Crippen LogP contribution in [0.3, 0.4) is 0 Å². The first-order chi connectivity index (χ1) is 14.9. The molecule has 8 nitrogen and oxygen atoms in total. The Kier molecular flexibility index (Phi) is 4.64. The fourth-order valence-corrected chi connectivity index (χ4v) is 4.26. The minimum absolute atomic E-state index is 0.118. The van der Waals surface area contributed by atoms with Gasteiger partial charge in [-0.3, -0.25) is 9.36 Å². The molecular formula is C21H20F2N6O2. The van der Waals surface area contributed by atoms with Gasteiger partial charge in [0.05, 0.1) is 6.33 Å². The van der Waals surface area contributed by atoms with Crippen molar-refractivity contribution in [3.8, 4) is 0 Å². The zero-order valence-corrected chi connectivity index (χ0v) is 17.0. The zero-order valence-electron chi connectivity index (χ0n) is 17.0. The molecule has 1 aromatic carbocycles. The minimum atomic E-state index is -0.574. The van der Waals surface area contributed by atoms with E-state index in [2.05, 4.69) is 27.0 Å². The number of rotatable bonds is 6. The Hall–Kier alpha value is -3.43. The number of aromatic nitrogens is 6. The number of halogens is 2. The molecular weight excluding hydrogens is 406 g/mol. The summed E-state index contributed by atoms with van der Waals surface area (Å²) in [5.74, 6) is 0.577. The van der Waals surface area contributed by atoms with Crippen LogP contribution in [-0.4, -0.2) is 29.2 Å². The summed E-state index contributed by atoms with van der Waals surface area (Å²) in [5, 5.41) is 4.10. The molecule has 3 heterocycles. The summed E-state index contributed by atoms with van der Waals surface area (Å²) in [6.45, 7) is 2.21. The van der Waals surface area contributed by atoms with E-state index in [4.69, 9.17) is 4.52 Å². The molecule has 3 aromatic heterocycles. The van der Waals surface area contributed by atoms with Crippen molar-refractivity contribution in [2.24, 2.45) is 18.9 Å². The molecule has 0 bridgehead atoms. The molecule has 1 saturated carbocycles. The fourth-order valence-electron chi connectivity index (χ4n) is 4.26. The standard InChI is InChI=1S/C21H20F2N6O2/c1-11-14(6-4-12-3-5-13(22)7-15(12)23)17(11)19-26-16(31-27-19)8-29-10-25-20-18(21(29)30)28(2)9-24-20/h3,5,7,9-11,14,17H,4,6,8H2,1-2H3. The normalized spacial score (nSPS) is 20.5. The molecule has 0 spiro atoms. The van der Waals surface area contributed by atoms with E-state index in [9.17, 15) is 13.6 Å². The number of fused-ring (bicyclic) bond motifs is 1. The number of hydrogen-bond acceptors (Lipinski definition) is 6. The average Bonchev–Trinajstić information content (AvgIpc) is 3.06. The second-order valence-electron chi connectivity index (χ2n) is 8.07. The Morgan fingerprint density at radius 2 is 2.00 bits per heavy atom. The summed E-state index contributed by atoms with van der Waals surface area (Å²) in [7, 11) is 1.74. The quantitative estimate of drug-likeness (QED) is 0.471. The maximum Gasteiger partial charge on any atom is 0.280 e. The largest absolute Gasteiger partial charge is 0.337 e. The Bertz CT molecular complexity index is 1330. The Balaban J connectivity index is 1.27. The summed E-state index contributed by atoms with van der Waals surface area (Å²) in [4.78, 5) is 25.4. The molecule has 0 amide bonds. The Morgan fingerprint density at radius 1 is 1.19 bits per heavy atom.